The van der Waals surface area contributed by atoms with Gasteiger partial charge >= 0.3 is 5.91 Å². The molecule has 0 atom stereocenters. The number of aromatic nitrogens is 1. The van der Waals surface area contributed by atoms with Gasteiger partial charge in [0.2, 0.25) is 5.95 Å². The van der Waals surface area contributed by atoms with E-state index in [0.717, 1.165) is 11.0 Å². The van der Waals surface area contributed by atoms with E-state index in [4.69, 9.17) is 17.0 Å². The number of anilines is 1. The van der Waals surface area contributed by atoms with Gasteiger partial charge in [0, 0.05) is 0 Å². The average molecular weight is 395 g/mol. The molecule has 23 heavy (non-hydrogen) atoms. The predicted molar refractivity (Wildman–Crippen MR) is 89.1 cm³/mol. The molecule has 1 aliphatic heterocycles. The van der Waals surface area contributed by atoms with Crippen molar-refractivity contribution in [3.05, 3.63) is 58.3 Å². The minimum Gasteiger partial charge on any atom is -0.507 e. The van der Waals surface area contributed by atoms with Crippen LogP contribution in [0.25, 0.3) is 6.08 Å². The second-order valence-electron chi connectivity index (χ2n) is 4.57. The Morgan fingerprint density at radius 1 is 1.35 bits per heavy atom. The van der Waals surface area contributed by atoms with Crippen molar-refractivity contribution in [2.45, 2.75) is 0 Å². The highest BCUT2D eigenvalue weighted by molar-refractivity contribution is 9.10. The highest BCUT2D eigenvalue weighted by atomic mass is 79.9. The Bertz CT molecular complexity index is 839. The maximum atomic E-state index is 12.9. The van der Waals surface area contributed by atoms with Gasteiger partial charge in [-0.05, 0) is 64.1 Å². The molecule has 1 N–H and O–H groups in total. The molecule has 1 fully saturated rings. The molecule has 8 heteroatoms. The van der Waals surface area contributed by atoms with E-state index < -0.39 is 11.9 Å². The Hall–Kier alpha value is -2.32. The molecule has 0 unspecified atom stereocenters. The molecule has 0 spiro atoms. The molecule has 1 amide bonds. The van der Waals surface area contributed by atoms with Crippen LogP contribution in [0.4, 0.5) is 10.1 Å². The van der Waals surface area contributed by atoms with Crippen molar-refractivity contribution in [2.24, 2.45) is 0 Å². The molecule has 5 nitrogen and oxygen atoms in total. The van der Waals surface area contributed by atoms with E-state index in [9.17, 15) is 14.3 Å². The lowest BCUT2D eigenvalue weighted by Crippen LogP contribution is -2.28. The van der Waals surface area contributed by atoms with Crippen LogP contribution in [0.1, 0.15) is 5.56 Å². The summed E-state index contributed by atoms with van der Waals surface area (Å²) in [5, 5.41) is 9.42. The first-order chi connectivity index (χ1) is 11.0. The van der Waals surface area contributed by atoms with Gasteiger partial charge in [0.1, 0.15) is 5.75 Å². The number of rotatable bonds is 2. The van der Waals surface area contributed by atoms with Crippen LogP contribution in [-0.4, -0.2) is 21.2 Å². The molecular formula is C15H8BrFN2O3S. The summed E-state index contributed by atoms with van der Waals surface area (Å²) in [7, 11) is 0. The van der Waals surface area contributed by atoms with E-state index in [1.807, 2.05) is 0 Å². The molecule has 0 radical (unpaired) electrons. The minimum absolute atomic E-state index is 0.0249. The van der Waals surface area contributed by atoms with Crippen molar-refractivity contribution in [3.8, 4) is 5.75 Å². The topological polar surface area (TPSA) is 62.7 Å². The van der Waals surface area contributed by atoms with E-state index in [2.05, 4.69) is 20.9 Å². The van der Waals surface area contributed by atoms with Crippen molar-refractivity contribution < 1.29 is 19.0 Å². The average Bonchev–Trinajstić information content (AvgIpc) is 2.79. The number of amides is 1. The zero-order valence-corrected chi connectivity index (χ0v) is 13.8. The fraction of sp³-hybridized carbons (Fsp3) is 0. The zero-order chi connectivity index (χ0) is 16.6. The van der Waals surface area contributed by atoms with E-state index in [0.29, 0.717) is 15.7 Å². The lowest BCUT2D eigenvalue weighted by molar-refractivity contribution is -0.114. The lowest BCUT2D eigenvalue weighted by atomic mass is 10.2. The second-order valence-corrected chi connectivity index (χ2v) is 5.77. The van der Waals surface area contributed by atoms with Crippen LogP contribution in [0.2, 0.25) is 0 Å². The third-order valence-corrected chi connectivity index (χ3v) is 3.93. The summed E-state index contributed by atoms with van der Waals surface area (Å²) in [6, 6.07) is 7.24. The summed E-state index contributed by atoms with van der Waals surface area (Å²) >= 11 is 8.24. The van der Waals surface area contributed by atoms with E-state index in [1.165, 1.54) is 24.4 Å². The smallest absolute Gasteiger partial charge is 0.301 e. The number of benzene rings is 1. The standard InChI is InChI=1S/C15H8BrFN2O3S/c16-10-5-8(1-3-11(10)20)6-12-14(21)19(15(23)22-12)9-2-4-13(17)18-7-9/h1-7,20H. The third kappa shape index (κ3) is 3.08. The lowest BCUT2D eigenvalue weighted by Gasteiger charge is -2.11. The van der Waals surface area contributed by atoms with Crippen molar-refractivity contribution >= 4 is 51.0 Å². The molecule has 2 heterocycles. The minimum atomic E-state index is -0.656. The molecule has 3 rings (SSSR count). The number of aromatic hydroxyl groups is 1. The van der Waals surface area contributed by atoms with Gasteiger partial charge in [-0.15, -0.1) is 0 Å². The number of phenols is 1. The summed E-state index contributed by atoms with van der Waals surface area (Å²) in [5.41, 5.74) is 0.955. The van der Waals surface area contributed by atoms with Crippen molar-refractivity contribution in [3.63, 3.8) is 0 Å². The molecule has 116 valence electrons. The number of nitrogens with zero attached hydrogens (tertiary/aromatic N) is 2. The molecule has 1 saturated heterocycles. The second kappa shape index (κ2) is 6.05. The largest absolute Gasteiger partial charge is 0.507 e. The van der Waals surface area contributed by atoms with Crippen molar-refractivity contribution in [2.75, 3.05) is 4.90 Å². The van der Waals surface area contributed by atoms with Crippen LogP contribution >= 0.6 is 28.1 Å². The monoisotopic (exact) mass is 394 g/mol. The van der Waals surface area contributed by atoms with Gasteiger partial charge in [0.05, 0.1) is 16.4 Å². The van der Waals surface area contributed by atoms with Crippen LogP contribution in [0, 0.1) is 5.95 Å². The van der Waals surface area contributed by atoms with Crippen LogP contribution in [-0.2, 0) is 9.53 Å². The number of thiocarbonyl (C=S) groups is 1. The molecule has 0 saturated carbocycles. The van der Waals surface area contributed by atoms with Crippen molar-refractivity contribution in [1.29, 1.82) is 0 Å². The molecule has 1 aromatic heterocycles. The van der Waals surface area contributed by atoms with Gasteiger partial charge < -0.3 is 9.84 Å². The number of halogens is 2. The first-order valence-corrected chi connectivity index (χ1v) is 7.54. The zero-order valence-electron chi connectivity index (χ0n) is 11.4. The number of carbonyl (C=O) groups excluding carboxylic acids is 1. The Kier molecular flexibility index (Phi) is 4.10. The number of hydrogen-bond acceptors (Lipinski definition) is 5. The van der Waals surface area contributed by atoms with Gasteiger partial charge in [0.15, 0.2) is 5.76 Å². The number of hydrogen-bond donors (Lipinski definition) is 1. The third-order valence-electron chi connectivity index (χ3n) is 3.03. The maximum Gasteiger partial charge on any atom is 0.301 e. The summed E-state index contributed by atoms with van der Waals surface area (Å²) in [5.74, 6) is -1.03. The quantitative estimate of drug-likeness (QED) is 0.480. The van der Waals surface area contributed by atoms with Gasteiger partial charge in [-0.2, -0.15) is 4.39 Å². The van der Waals surface area contributed by atoms with E-state index in [-0.39, 0.29) is 16.7 Å². The SMILES string of the molecule is O=C1C(=Cc2ccc(O)c(Br)c2)OC(=S)N1c1ccc(F)nc1. The molecule has 0 bridgehead atoms. The summed E-state index contributed by atoms with van der Waals surface area (Å²) in [4.78, 5) is 17.0. The van der Waals surface area contributed by atoms with Gasteiger partial charge in [-0.1, -0.05) is 6.07 Å². The van der Waals surface area contributed by atoms with Gasteiger partial charge in [-0.3, -0.25) is 4.79 Å². The number of pyridine rings is 1. The Morgan fingerprint density at radius 3 is 2.78 bits per heavy atom. The molecular weight excluding hydrogens is 387 g/mol. The predicted octanol–water partition coefficient (Wildman–Crippen LogP) is 3.38. The van der Waals surface area contributed by atoms with Gasteiger partial charge in [-0.25, -0.2) is 9.88 Å². The Labute approximate surface area is 144 Å². The first-order valence-electron chi connectivity index (χ1n) is 6.34. The summed E-state index contributed by atoms with van der Waals surface area (Å²) < 4.78 is 18.7. The molecule has 2 aromatic rings. The molecule has 1 aliphatic rings. The summed E-state index contributed by atoms with van der Waals surface area (Å²) in [6.45, 7) is 0. The highest BCUT2D eigenvalue weighted by Gasteiger charge is 2.35. The molecule has 1 aromatic carbocycles. The van der Waals surface area contributed by atoms with E-state index in [1.54, 1.807) is 12.1 Å². The Morgan fingerprint density at radius 2 is 2.13 bits per heavy atom. The van der Waals surface area contributed by atoms with E-state index >= 15 is 0 Å². The normalized spacial score (nSPS) is 16.1. The van der Waals surface area contributed by atoms with Gasteiger partial charge in [0.25, 0.3) is 5.17 Å². The fourth-order valence-corrected chi connectivity index (χ4v) is 2.63. The Balaban J connectivity index is 1.92. The first kappa shape index (κ1) is 15.6. The highest BCUT2D eigenvalue weighted by Crippen LogP contribution is 2.28. The number of phenolic OH excluding ortho intramolecular Hbond substituents is 1. The van der Waals surface area contributed by atoms with Crippen LogP contribution in [0.5, 0.6) is 5.75 Å². The number of carbonyl (C=O) groups is 1. The maximum absolute atomic E-state index is 12.9. The fourth-order valence-electron chi connectivity index (χ4n) is 1.95. The van der Waals surface area contributed by atoms with Crippen LogP contribution < -0.4 is 4.90 Å². The van der Waals surface area contributed by atoms with Crippen LogP contribution in [0.15, 0.2) is 46.8 Å². The number of ether oxygens (including phenoxy) is 1. The van der Waals surface area contributed by atoms with Crippen molar-refractivity contribution in [1.82, 2.24) is 4.98 Å². The molecule has 0 aliphatic carbocycles. The summed E-state index contributed by atoms with van der Waals surface area (Å²) in [6.07, 6.45) is 2.69. The van der Waals surface area contributed by atoms with Crippen LogP contribution in [0.3, 0.4) is 0 Å².